The van der Waals surface area contributed by atoms with Crippen LogP contribution in [0, 0.1) is 0 Å². The molecule has 2 aromatic rings. The third-order valence-corrected chi connectivity index (χ3v) is 4.10. The van der Waals surface area contributed by atoms with Crippen LogP contribution in [0.15, 0.2) is 29.8 Å². The van der Waals surface area contributed by atoms with Gasteiger partial charge in [0.15, 0.2) is 5.82 Å². The third-order valence-electron chi connectivity index (χ3n) is 2.84. The second-order valence-corrected chi connectivity index (χ2v) is 5.35. The molecule has 0 saturated carbocycles. The van der Waals surface area contributed by atoms with Gasteiger partial charge in [-0.15, -0.1) is 16.4 Å². The van der Waals surface area contributed by atoms with E-state index in [1.165, 1.54) is 4.88 Å². The maximum absolute atomic E-state index is 5.71. The third kappa shape index (κ3) is 2.49. The van der Waals surface area contributed by atoms with Crippen LogP contribution in [0.25, 0.3) is 0 Å². The van der Waals surface area contributed by atoms with Crippen molar-refractivity contribution in [3.05, 3.63) is 40.2 Å². The van der Waals surface area contributed by atoms with E-state index in [2.05, 4.69) is 28.6 Å². The molecule has 0 spiro atoms. The summed E-state index contributed by atoms with van der Waals surface area (Å²) in [7, 11) is 1.97. The van der Waals surface area contributed by atoms with E-state index in [1.807, 2.05) is 18.0 Å². The Hall–Kier alpha value is -1.53. The molecule has 6 heteroatoms. The van der Waals surface area contributed by atoms with Crippen molar-refractivity contribution in [3.8, 4) is 0 Å². The molecule has 0 radical (unpaired) electrons. The molecule has 0 aliphatic carbocycles. The van der Waals surface area contributed by atoms with E-state index in [0.29, 0.717) is 10.8 Å². The Morgan fingerprint density at radius 1 is 1.50 bits per heavy atom. The number of nitrogens with zero attached hydrogens (tertiary/aromatic N) is 3. The molecular formula is C12H14N4S2. The van der Waals surface area contributed by atoms with Crippen LogP contribution >= 0.6 is 23.6 Å². The summed E-state index contributed by atoms with van der Waals surface area (Å²) < 4.78 is 0. The van der Waals surface area contributed by atoms with E-state index >= 15 is 0 Å². The molecule has 2 N–H and O–H groups in total. The van der Waals surface area contributed by atoms with Crippen LogP contribution in [0.5, 0.6) is 0 Å². The van der Waals surface area contributed by atoms with Gasteiger partial charge in [-0.25, -0.2) is 0 Å². The van der Waals surface area contributed by atoms with Gasteiger partial charge in [-0.2, -0.15) is 5.10 Å². The molecular weight excluding hydrogens is 264 g/mol. The van der Waals surface area contributed by atoms with Gasteiger partial charge in [-0.05, 0) is 24.4 Å². The summed E-state index contributed by atoms with van der Waals surface area (Å²) in [6.07, 6.45) is 1.60. The molecule has 2 aromatic heterocycles. The maximum Gasteiger partial charge on any atom is 0.161 e. The lowest BCUT2D eigenvalue weighted by Crippen LogP contribution is -2.26. The fourth-order valence-corrected chi connectivity index (χ4v) is 2.67. The predicted molar refractivity (Wildman–Crippen MR) is 79.1 cm³/mol. The number of thiophene rings is 1. The van der Waals surface area contributed by atoms with Gasteiger partial charge in [0.1, 0.15) is 4.99 Å². The highest BCUT2D eigenvalue weighted by Gasteiger charge is 2.18. The smallest absolute Gasteiger partial charge is 0.161 e. The minimum absolute atomic E-state index is 0.204. The molecule has 94 valence electrons. The zero-order valence-corrected chi connectivity index (χ0v) is 11.8. The van der Waals surface area contributed by atoms with E-state index in [9.17, 15) is 0 Å². The second kappa shape index (κ2) is 5.41. The van der Waals surface area contributed by atoms with Gasteiger partial charge in [0, 0.05) is 11.9 Å². The van der Waals surface area contributed by atoms with Crippen molar-refractivity contribution in [1.29, 1.82) is 0 Å². The van der Waals surface area contributed by atoms with Crippen molar-refractivity contribution >= 4 is 34.4 Å². The van der Waals surface area contributed by atoms with Crippen LogP contribution in [-0.4, -0.2) is 22.2 Å². The van der Waals surface area contributed by atoms with E-state index in [-0.39, 0.29) is 6.04 Å². The first-order valence-corrected chi connectivity index (χ1v) is 6.77. The number of aromatic nitrogens is 2. The molecule has 4 nitrogen and oxygen atoms in total. The monoisotopic (exact) mass is 278 g/mol. The molecule has 0 aliphatic heterocycles. The number of thiocarbonyl (C=S) groups is 1. The van der Waals surface area contributed by atoms with Gasteiger partial charge in [-0.3, -0.25) is 0 Å². The van der Waals surface area contributed by atoms with Gasteiger partial charge < -0.3 is 10.6 Å². The van der Waals surface area contributed by atoms with Gasteiger partial charge in [0.2, 0.25) is 0 Å². The normalized spacial score (nSPS) is 12.1. The summed E-state index contributed by atoms with van der Waals surface area (Å²) in [4.78, 5) is 3.63. The van der Waals surface area contributed by atoms with Crippen molar-refractivity contribution in [3.63, 3.8) is 0 Å². The molecule has 0 amide bonds. The number of hydrogen-bond acceptors (Lipinski definition) is 5. The number of nitrogens with two attached hydrogens (primary N) is 1. The van der Waals surface area contributed by atoms with E-state index in [4.69, 9.17) is 18.0 Å². The SMILES string of the molecule is CC(c1cccs1)N(C)c1nnccc1C(N)=S. The molecule has 18 heavy (non-hydrogen) atoms. The lowest BCUT2D eigenvalue weighted by Gasteiger charge is -2.26. The molecule has 0 aromatic carbocycles. The molecule has 0 fully saturated rings. The molecule has 1 atom stereocenters. The Kier molecular flexibility index (Phi) is 3.88. The second-order valence-electron chi connectivity index (χ2n) is 3.94. The fraction of sp³-hybridized carbons (Fsp3) is 0.250. The lowest BCUT2D eigenvalue weighted by molar-refractivity contribution is 0.732. The van der Waals surface area contributed by atoms with Crippen molar-refractivity contribution < 1.29 is 0 Å². The summed E-state index contributed by atoms with van der Waals surface area (Å²) in [5, 5.41) is 10.1. The first-order chi connectivity index (χ1) is 8.61. The highest BCUT2D eigenvalue weighted by molar-refractivity contribution is 7.80. The average molecular weight is 278 g/mol. The Balaban J connectivity index is 2.34. The zero-order valence-electron chi connectivity index (χ0n) is 10.2. The molecule has 0 aliphatic rings. The molecule has 2 rings (SSSR count). The first kappa shape index (κ1) is 12.9. The van der Waals surface area contributed by atoms with Crippen LogP contribution in [0.1, 0.15) is 23.4 Å². The summed E-state index contributed by atoms with van der Waals surface area (Å²) in [5.41, 5.74) is 6.47. The van der Waals surface area contributed by atoms with Gasteiger partial charge in [-0.1, -0.05) is 18.3 Å². The Bertz CT molecular complexity index is 539. The van der Waals surface area contributed by atoms with Crippen molar-refractivity contribution in [1.82, 2.24) is 10.2 Å². The molecule has 2 heterocycles. The predicted octanol–water partition coefficient (Wildman–Crippen LogP) is 2.37. The highest BCUT2D eigenvalue weighted by Crippen LogP contribution is 2.28. The van der Waals surface area contributed by atoms with Crippen molar-refractivity contribution in [2.45, 2.75) is 13.0 Å². The first-order valence-electron chi connectivity index (χ1n) is 5.49. The highest BCUT2D eigenvalue weighted by atomic mass is 32.1. The van der Waals surface area contributed by atoms with E-state index in [1.54, 1.807) is 23.6 Å². The minimum Gasteiger partial charge on any atom is -0.389 e. The Morgan fingerprint density at radius 3 is 2.89 bits per heavy atom. The summed E-state index contributed by atoms with van der Waals surface area (Å²) in [6, 6.07) is 6.13. The molecule has 1 unspecified atom stereocenters. The zero-order chi connectivity index (χ0) is 13.1. The minimum atomic E-state index is 0.204. The van der Waals surface area contributed by atoms with Crippen molar-refractivity contribution in [2.75, 3.05) is 11.9 Å². The average Bonchev–Trinajstić information content (AvgIpc) is 2.90. The maximum atomic E-state index is 5.71. The van der Waals surface area contributed by atoms with Crippen LogP contribution < -0.4 is 10.6 Å². The van der Waals surface area contributed by atoms with Gasteiger partial charge >= 0.3 is 0 Å². The number of hydrogen-bond donors (Lipinski definition) is 1. The van der Waals surface area contributed by atoms with Crippen LogP contribution in [0.2, 0.25) is 0 Å². The van der Waals surface area contributed by atoms with Gasteiger partial charge in [0.25, 0.3) is 0 Å². The molecule has 0 bridgehead atoms. The summed E-state index contributed by atoms with van der Waals surface area (Å²) in [5.74, 6) is 0.714. The standard InChI is InChI=1S/C12H14N4S2/c1-8(10-4-3-7-18-10)16(2)12-9(11(13)17)5-6-14-15-12/h3-8H,1-2H3,(H2,13,17). The van der Waals surface area contributed by atoms with Crippen molar-refractivity contribution in [2.24, 2.45) is 5.73 Å². The summed E-state index contributed by atoms with van der Waals surface area (Å²) in [6.45, 7) is 2.11. The van der Waals surface area contributed by atoms with Crippen LogP contribution in [-0.2, 0) is 0 Å². The van der Waals surface area contributed by atoms with Gasteiger partial charge in [0.05, 0.1) is 17.8 Å². The Morgan fingerprint density at radius 2 is 2.28 bits per heavy atom. The van der Waals surface area contributed by atoms with E-state index in [0.717, 1.165) is 5.56 Å². The Labute approximate surface area is 115 Å². The van der Waals surface area contributed by atoms with E-state index < -0.39 is 0 Å². The topological polar surface area (TPSA) is 55.0 Å². The largest absolute Gasteiger partial charge is 0.389 e. The van der Waals surface area contributed by atoms with Crippen LogP contribution in [0.4, 0.5) is 5.82 Å². The fourth-order valence-electron chi connectivity index (χ4n) is 1.68. The number of rotatable bonds is 4. The number of anilines is 1. The quantitative estimate of drug-likeness (QED) is 0.870. The van der Waals surface area contributed by atoms with Crippen LogP contribution in [0.3, 0.4) is 0 Å². The molecule has 0 saturated heterocycles. The summed E-state index contributed by atoms with van der Waals surface area (Å²) >= 11 is 6.76. The lowest BCUT2D eigenvalue weighted by atomic mass is 10.2.